The van der Waals surface area contributed by atoms with E-state index in [0.717, 1.165) is 25.2 Å². The zero-order valence-corrected chi connectivity index (χ0v) is 12.5. The molecule has 0 amide bonds. The molecule has 1 aromatic carbocycles. The van der Waals surface area contributed by atoms with Crippen molar-refractivity contribution >= 4 is 23.2 Å². The van der Waals surface area contributed by atoms with Crippen molar-refractivity contribution in [1.82, 2.24) is 20.5 Å². The van der Waals surface area contributed by atoms with Gasteiger partial charge in [-0.25, -0.2) is 9.37 Å². The molecule has 0 saturated carbocycles. The maximum Gasteiger partial charge on any atom is 0.142 e. The van der Waals surface area contributed by atoms with Crippen molar-refractivity contribution < 1.29 is 4.39 Å². The van der Waals surface area contributed by atoms with Gasteiger partial charge in [0.1, 0.15) is 18.0 Å². The Hall–Kier alpha value is -1.17. The molecule has 1 atom stereocenters. The van der Waals surface area contributed by atoms with Gasteiger partial charge in [-0.1, -0.05) is 23.2 Å². The lowest BCUT2D eigenvalue weighted by Gasteiger charge is -2.17. The van der Waals surface area contributed by atoms with Gasteiger partial charge in [-0.05, 0) is 32.0 Å². The maximum atomic E-state index is 13.5. The largest absolute Gasteiger partial charge is 0.310 e. The van der Waals surface area contributed by atoms with Crippen LogP contribution in [0.5, 0.6) is 0 Å². The summed E-state index contributed by atoms with van der Waals surface area (Å²) >= 11 is 12.0. The van der Waals surface area contributed by atoms with Crippen LogP contribution in [0.25, 0.3) is 0 Å². The third-order valence-corrected chi connectivity index (χ3v) is 3.73. The molecule has 2 rings (SSSR count). The minimum absolute atomic E-state index is 0.0766. The highest BCUT2D eigenvalue weighted by atomic mass is 35.5. The van der Waals surface area contributed by atoms with Crippen LogP contribution in [0.4, 0.5) is 4.39 Å². The predicted octanol–water partition coefficient (Wildman–Crippen LogP) is 3.53. The fourth-order valence-electron chi connectivity index (χ4n) is 1.97. The fraction of sp³-hybridized carbons (Fsp3) is 0.385. The lowest BCUT2D eigenvalue weighted by atomic mass is 10.1. The zero-order valence-electron chi connectivity index (χ0n) is 11.0. The summed E-state index contributed by atoms with van der Waals surface area (Å²) in [6, 6.07) is 2.66. The first-order valence-electron chi connectivity index (χ1n) is 6.30. The van der Waals surface area contributed by atoms with E-state index in [0.29, 0.717) is 10.6 Å². The van der Waals surface area contributed by atoms with Crippen molar-refractivity contribution in [3.05, 3.63) is 45.7 Å². The summed E-state index contributed by atoms with van der Waals surface area (Å²) in [6.07, 6.45) is 3.16. The molecule has 0 radical (unpaired) electrons. The zero-order chi connectivity index (χ0) is 14.5. The Bertz CT molecular complexity index is 560. The highest BCUT2D eigenvalue weighted by molar-refractivity contribution is 6.36. The number of halogens is 3. The molecule has 0 aliphatic rings. The van der Waals surface area contributed by atoms with E-state index in [9.17, 15) is 4.39 Å². The van der Waals surface area contributed by atoms with Gasteiger partial charge in [0, 0.05) is 23.0 Å². The van der Waals surface area contributed by atoms with E-state index < -0.39 is 5.82 Å². The molecule has 0 bridgehead atoms. The summed E-state index contributed by atoms with van der Waals surface area (Å²) in [5, 5.41) is 10.4. The summed E-state index contributed by atoms with van der Waals surface area (Å²) in [5.41, 5.74) is 0.591. The standard InChI is InChI=1S/C13H15Cl2FN4/c1-8(12-9(14)4-5-10(16)13(12)15)17-6-2-3-11-18-7-19-20-11/h4-5,7-8,17H,2-3,6H2,1H3,(H,18,19,20). The van der Waals surface area contributed by atoms with Gasteiger partial charge in [0.2, 0.25) is 0 Å². The fourth-order valence-corrected chi connectivity index (χ4v) is 2.67. The second-order valence-electron chi connectivity index (χ2n) is 4.47. The molecule has 7 heteroatoms. The van der Waals surface area contributed by atoms with Crippen LogP contribution in [-0.2, 0) is 6.42 Å². The maximum absolute atomic E-state index is 13.5. The Labute approximate surface area is 126 Å². The number of nitrogens with zero attached hydrogens (tertiary/aromatic N) is 2. The number of hydrogen-bond acceptors (Lipinski definition) is 3. The quantitative estimate of drug-likeness (QED) is 0.633. The Morgan fingerprint density at radius 1 is 1.40 bits per heavy atom. The normalized spacial score (nSPS) is 12.6. The SMILES string of the molecule is CC(NCCCc1ncn[nH]1)c1c(Cl)ccc(F)c1Cl. The molecular formula is C13H15Cl2FN4. The monoisotopic (exact) mass is 316 g/mol. The van der Waals surface area contributed by atoms with Crippen LogP contribution < -0.4 is 5.32 Å². The molecule has 0 fully saturated rings. The number of H-pyrrole nitrogens is 1. The number of nitrogens with one attached hydrogen (secondary N) is 2. The average Bonchev–Trinajstić information content (AvgIpc) is 2.93. The van der Waals surface area contributed by atoms with Crippen LogP contribution in [0.3, 0.4) is 0 Å². The molecule has 20 heavy (non-hydrogen) atoms. The van der Waals surface area contributed by atoms with Gasteiger partial charge in [-0.3, -0.25) is 5.10 Å². The number of aromatic amines is 1. The molecule has 1 aromatic heterocycles. The summed E-state index contributed by atoms with van der Waals surface area (Å²) in [7, 11) is 0. The van der Waals surface area contributed by atoms with Crippen LogP contribution in [0, 0.1) is 5.82 Å². The summed E-state index contributed by atoms with van der Waals surface area (Å²) < 4.78 is 13.5. The molecule has 0 spiro atoms. The Balaban J connectivity index is 1.89. The summed E-state index contributed by atoms with van der Waals surface area (Å²) in [6.45, 7) is 2.64. The van der Waals surface area contributed by atoms with Crippen LogP contribution in [0.2, 0.25) is 10.0 Å². The number of rotatable bonds is 6. The van der Waals surface area contributed by atoms with E-state index in [1.54, 1.807) is 0 Å². The van der Waals surface area contributed by atoms with Crippen LogP contribution in [0.1, 0.15) is 30.8 Å². The molecule has 1 unspecified atom stereocenters. The van der Waals surface area contributed by atoms with Crippen LogP contribution in [-0.4, -0.2) is 21.7 Å². The van der Waals surface area contributed by atoms with E-state index in [4.69, 9.17) is 23.2 Å². The Kier molecular flexibility index (Phi) is 5.34. The van der Waals surface area contributed by atoms with Crippen molar-refractivity contribution in [3.8, 4) is 0 Å². The van der Waals surface area contributed by atoms with Crippen molar-refractivity contribution in [2.24, 2.45) is 0 Å². The number of aryl methyl sites for hydroxylation is 1. The lowest BCUT2D eigenvalue weighted by Crippen LogP contribution is -2.21. The topological polar surface area (TPSA) is 53.6 Å². The minimum Gasteiger partial charge on any atom is -0.310 e. The molecule has 2 N–H and O–H groups in total. The van der Waals surface area contributed by atoms with Gasteiger partial charge < -0.3 is 5.32 Å². The number of hydrogen-bond donors (Lipinski definition) is 2. The highest BCUT2D eigenvalue weighted by Crippen LogP contribution is 2.32. The predicted molar refractivity (Wildman–Crippen MR) is 77.5 cm³/mol. The van der Waals surface area contributed by atoms with E-state index >= 15 is 0 Å². The number of benzene rings is 1. The first kappa shape index (κ1) is 15.2. The second-order valence-corrected chi connectivity index (χ2v) is 5.25. The lowest BCUT2D eigenvalue weighted by molar-refractivity contribution is 0.549. The van der Waals surface area contributed by atoms with Gasteiger partial charge in [0.25, 0.3) is 0 Å². The molecule has 0 aliphatic heterocycles. The minimum atomic E-state index is -0.457. The number of aromatic nitrogens is 3. The van der Waals surface area contributed by atoms with Crippen LogP contribution >= 0.6 is 23.2 Å². The van der Waals surface area contributed by atoms with Gasteiger partial charge in [0.15, 0.2) is 0 Å². The Morgan fingerprint density at radius 3 is 2.90 bits per heavy atom. The van der Waals surface area contributed by atoms with E-state index in [2.05, 4.69) is 20.5 Å². The van der Waals surface area contributed by atoms with Crippen molar-refractivity contribution in [2.75, 3.05) is 6.54 Å². The van der Waals surface area contributed by atoms with Crippen molar-refractivity contribution in [1.29, 1.82) is 0 Å². The Morgan fingerprint density at radius 2 is 2.20 bits per heavy atom. The molecule has 0 aliphatic carbocycles. The molecule has 108 valence electrons. The average molecular weight is 317 g/mol. The van der Waals surface area contributed by atoms with E-state index in [1.165, 1.54) is 18.5 Å². The van der Waals surface area contributed by atoms with E-state index in [1.807, 2.05) is 6.92 Å². The summed E-state index contributed by atoms with van der Waals surface area (Å²) in [5.74, 6) is 0.391. The van der Waals surface area contributed by atoms with Crippen molar-refractivity contribution in [2.45, 2.75) is 25.8 Å². The molecular weight excluding hydrogens is 302 g/mol. The van der Waals surface area contributed by atoms with Gasteiger partial charge in [-0.2, -0.15) is 5.10 Å². The first-order valence-corrected chi connectivity index (χ1v) is 7.06. The van der Waals surface area contributed by atoms with Crippen LogP contribution in [0.15, 0.2) is 18.5 Å². The molecule has 4 nitrogen and oxygen atoms in total. The molecule has 0 saturated heterocycles. The van der Waals surface area contributed by atoms with Gasteiger partial charge in [0.05, 0.1) is 5.02 Å². The first-order chi connectivity index (χ1) is 9.59. The summed E-state index contributed by atoms with van der Waals surface area (Å²) in [4.78, 5) is 4.04. The van der Waals surface area contributed by atoms with E-state index in [-0.39, 0.29) is 11.1 Å². The van der Waals surface area contributed by atoms with Gasteiger partial charge in [-0.15, -0.1) is 0 Å². The van der Waals surface area contributed by atoms with Gasteiger partial charge >= 0.3 is 0 Å². The molecule has 1 heterocycles. The van der Waals surface area contributed by atoms with Crippen molar-refractivity contribution in [3.63, 3.8) is 0 Å². The second kappa shape index (κ2) is 7.02. The smallest absolute Gasteiger partial charge is 0.142 e. The highest BCUT2D eigenvalue weighted by Gasteiger charge is 2.16. The third-order valence-electron chi connectivity index (χ3n) is 3.02. The molecule has 2 aromatic rings. The third kappa shape index (κ3) is 3.69.